The van der Waals surface area contributed by atoms with E-state index in [-0.39, 0.29) is 17.1 Å². The van der Waals surface area contributed by atoms with Crippen molar-refractivity contribution in [3.63, 3.8) is 0 Å². The molecule has 5 rings (SSSR count). The van der Waals surface area contributed by atoms with Crippen molar-refractivity contribution in [2.75, 3.05) is 0 Å². The van der Waals surface area contributed by atoms with Crippen molar-refractivity contribution < 1.29 is 19.8 Å². The zero-order valence-electron chi connectivity index (χ0n) is 16.7. The third-order valence-corrected chi connectivity index (χ3v) is 6.51. The number of ketones is 1. The average Bonchev–Trinajstić information content (AvgIpc) is 3.44. The summed E-state index contributed by atoms with van der Waals surface area (Å²) >= 11 is 1.35. The molecule has 0 saturated heterocycles. The summed E-state index contributed by atoms with van der Waals surface area (Å²) in [4.78, 5) is 28.4. The van der Waals surface area contributed by atoms with Crippen LogP contribution in [0.1, 0.15) is 25.6 Å². The smallest absolute Gasteiger partial charge is 0.337 e. The minimum atomic E-state index is -0.996. The Labute approximate surface area is 187 Å². The molecule has 0 unspecified atom stereocenters. The van der Waals surface area contributed by atoms with Gasteiger partial charge in [-0.25, -0.2) is 4.79 Å². The van der Waals surface area contributed by atoms with E-state index in [1.54, 1.807) is 30.5 Å². The Morgan fingerprint density at radius 1 is 0.844 bits per heavy atom. The lowest BCUT2D eigenvalue weighted by Crippen LogP contribution is -2.00. The maximum atomic E-state index is 13.3. The normalized spacial score (nSPS) is 11.0. The number of H-pyrrole nitrogens is 1. The molecule has 2 heterocycles. The van der Waals surface area contributed by atoms with E-state index >= 15 is 0 Å². The predicted octanol–water partition coefficient (Wildman–Crippen LogP) is 6.20. The highest BCUT2D eigenvalue weighted by atomic mass is 32.1. The standard InChI is InChI=1S/C26H17NO4S/c28-18-10-11-19-21(14-18)32-25(24(29)17-4-2-1-3-5-17)22(19)15-6-8-16(9-7-15)23-20(26(30)31)12-13-27-23/h1-14,27-28H,(H,30,31). The molecule has 5 aromatic rings. The summed E-state index contributed by atoms with van der Waals surface area (Å²) in [7, 11) is 0. The van der Waals surface area contributed by atoms with Gasteiger partial charge < -0.3 is 15.2 Å². The van der Waals surface area contributed by atoms with Crippen molar-refractivity contribution in [1.82, 2.24) is 4.98 Å². The largest absolute Gasteiger partial charge is 0.508 e. The number of carbonyl (C=O) groups is 2. The van der Waals surface area contributed by atoms with E-state index in [2.05, 4.69) is 4.98 Å². The van der Waals surface area contributed by atoms with Gasteiger partial charge in [-0.2, -0.15) is 0 Å². The van der Waals surface area contributed by atoms with Crippen molar-refractivity contribution in [2.45, 2.75) is 0 Å². The van der Waals surface area contributed by atoms with Crippen LogP contribution in [0.3, 0.4) is 0 Å². The van der Waals surface area contributed by atoms with E-state index in [4.69, 9.17) is 0 Å². The van der Waals surface area contributed by atoms with Crippen molar-refractivity contribution in [1.29, 1.82) is 0 Å². The van der Waals surface area contributed by atoms with Crippen LogP contribution < -0.4 is 0 Å². The van der Waals surface area contributed by atoms with E-state index in [0.717, 1.165) is 26.8 Å². The molecule has 3 N–H and O–H groups in total. The molecule has 0 radical (unpaired) electrons. The van der Waals surface area contributed by atoms with Crippen LogP contribution in [0, 0.1) is 0 Å². The van der Waals surface area contributed by atoms with Crippen LogP contribution in [-0.4, -0.2) is 26.9 Å². The lowest BCUT2D eigenvalue weighted by molar-refractivity contribution is 0.0697. The number of carbonyl (C=O) groups excluding carboxylic acids is 1. The maximum absolute atomic E-state index is 13.3. The molecule has 156 valence electrons. The van der Waals surface area contributed by atoms with Gasteiger partial charge in [-0.3, -0.25) is 4.79 Å². The van der Waals surface area contributed by atoms with Crippen LogP contribution in [0.5, 0.6) is 5.75 Å². The number of benzene rings is 3. The van der Waals surface area contributed by atoms with Crippen molar-refractivity contribution in [3.8, 4) is 28.1 Å². The monoisotopic (exact) mass is 439 g/mol. The molecule has 6 heteroatoms. The van der Waals surface area contributed by atoms with Crippen LogP contribution in [0.4, 0.5) is 0 Å². The summed E-state index contributed by atoms with van der Waals surface area (Å²) in [5, 5.41) is 20.2. The van der Waals surface area contributed by atoms with E-state index in [1.165, 1.54) is 17.4 Å². The fourth-order valence-corrected chi connectivity index (χ4v) is 5.06. The summed E-state index contributed by atoms with van der Waals surface area (Å²) in [6.45, 7) is 0. The highest BCUT2D eigenvalue weighted by Crippen LogP contribution is 2.41. The number of aromatic amines is 1. The third-order valence-electron chi connectivity index (χ3n) is 5.36. The SMILES string of the molecule is O=C(O)c1cc[nH]c1-c1ccc(-c2c(C(=O)c3ccccc3)sc3cc(O)ccc23)cc1. The number of carboxylic acid groups (broad SMARTS) is 1. The van der Waals surface area contributed by atoms with Gasteiger partial charge >= 0.3 is 5.97 Å². The number of hydrogen-bond donors (Lipinski definition) is 3. The molecular weight excluding hydrogens is 422 g/mol. The van der Waals surface area contributed by atoms with E-state index in [1.807, 2.05) is 48.5 Å². The summed E-state index contributed by atoms with van der Waals surface area (Å²) < 4.78 is 0.820. The summed E-state index contributed by atoms with van der Waals surface area (Å²) in [6.07, 6.45) is 1.60. The van der Waals surface area contributed by atoms with Gasteiger partial charge in [0.25, 0.3) is 0 Å². The zero-order valence-corrected chi connectivity index (χ0v) is 17.5. The van der Waals surface area contributed by atoms with Crippen LogP contribution in [-0.2, 0) is 0 Å². The van der Waals surface area contributed by atoms with Gasteiger partial charge in [0.15, 0.2) is 0 Å². The quantitative estimate of drug-likeness (QED) is 0.285. The van der Waals surface area contributed by atoms with Gasteiger partial charge in [0.2, 0.25) is 5.78 Å². The maximum Gasteiger partial charge on any atom is 0.337 e. The highest BCUT2D eigenvalue weighted by Gasteiger charge is 2.22. The Morgan fingerprint density at radius 3 is 2.28 bits per heavy atom. The van der Waals surface area contributed by atoms with Crippen molar-refractivity contribution >= 4 is 33.2 Å². The van der Waals surface area contributed by atoms with Crippen molar-refractivity contribution in [3.05, 3.63) is 101 Å². The first-order valence-corrected chi connectivity index (χ1v) is 10.7. The number of aromatic nitrogens is 1. The molecule has 0 fully saturated rings. The van der Waals surface area contributed by atoms with Crippen LogP contribution >= 0.6 is 11.3 Å². The zero-order chi connectivity index (χ0) is 22.2. The van der Waals surface area contributed by atoms with Crippen LogP contribution in [0.25, 0.3) is 32.5 Å². The lowest BCUT2D eigenvalue weighted by atomic mass is 9.96. The molecular formula is C26H17NO4S. The number of nitrogens with one attached hydrogen (secondary N) is 1. The van der Waals surface area contributed by atoms with Crippen molar-refractivity contribution in [2.24, 2.45) is 0 Å². The van der Waals surface area contributed by atoms with E-state index < -0.39 is 5.97 Å². The summed E-state index contributed by atoms with van der Waals surface area (Å²) in [5.41, 5.74) is 3.71. The predicted molar refractivity (Wildman–Crippen MR) is 126 cm³/mol. The summed E-state index contributed by atoms with van der Waals surface area (Å²) in [6, 6.07) is 23.2. The number of hydrogen-bond acceptors (Lipinski definition) is 4. The second-order valence-electron chi connectivity index (χ2n) is 7.33. The molecule has 5 nitrogen and oxygen atoms in total. The fourth-order valence-electron chi connectivity index (χ4n) is 3.84. The Bertz CT molecular complexity index is 1460. The molecule has 0 atom stereocenters. The number of aromatic carboxylic acids is 1. The molecule has 0 saturated carbocycles. The van der Waals surface area contributed by atoms with Gasteiger partial charge in [-0.05, 0) is 35.4 Å². The van der Waals surface area contributed by atoms with Gasteiger partial charge in [-0.1, -0.05) is 54.6 Å². The molecule has 0 aliphatic heterocycles. The van der Waals surface area contributed by atoms with Crippen LogP contribution in [0.15, 0.2) is 85.1 Å². The number of rotatable bonds is 5. The lowest BCUT2D eigenvalue weighted by Gasteiger charge is -2.07. The molecule has 0 bridgehead atoms. The Morgan fingerprint density at radius 2 is 1.56 bits per heavy atom. The van der Waals surface area contributed by atoms with E-state index in [0.29, 0.717) is 16.1 Å². The minimum absolute atomic E-state index is 0.0807. The molecule has 0 aliphatic carbocycles. The first-order chi connectivity index (χ1) is 15.5. The third kappa shape index (κ3) is 3.36. The molecule has 0 aliphatic rings. The molecule has 0 spiro atoms. The number of fused-ring (bicyclic) bond motifs is 1. The molecule has 2 aromatic heterocycles. The number of aromatic hydroxyl groups is 1. The highest BCUT2D eigenvalue weighted by molar-refractivity contribution is 7.21. The van der Waals surface area contributed by atoms with Gasteiger partial charge in [-0.15, -0.1) is 11.3 Å². The van der Waals surface area contributed by atoms with Gasteiger partial charge in [0.05, 0.1) is 16.1 Å². The minimum Gasteiger partial charge on any atom is -0.508 e. The first-order valence-electron chi connectivity index (χ1n) is 9.89. The van der Waals surface area contributed by atoms with Gasteiger partial charge in [0.1, 0.15) is 5.75 Å². The fraction of sp³-hybridized carbons (Fsp3) is 0. The second-order valence-corrected chi connectivity index (χ2v) is 8.38. The number of carboxylic acids is 1. The topological polar surface area (TPSA) is 90.4 Å². The number of thiophene rings is 1. The summed E-state index contributed by atoms with van der Waals surface area (Å²) in [5.74, 6) is -0.931. The molecule has 32 heavy (non-hydrogen) atoms. The molecule has 3 aromatic carbocycles. The Balaban J connectivity index is 1.65. The second kappa shape index (κ2) is 7.83. The number of phenolic OH excluding ortho intramolecular Hbond substituents is 1. The van der Waals surface area contributed by atoms with Crippen LogP contribution in [0.2, 0.25) is 0 Å². The first kappa shape index (κ1) is 19.8. The Kier molecular flexibility index (Phi) is 4.84. The van der Waals surface area contributed by atoms with Gasteiger partial charge in [0, 0.05) is 27.4 Å². The average molecular weight is 439 g/mol. The van der Waals surface area contributed by atoms with E-state index in [9.17, 15) is 19.8 Å². The molecule has 0 amide bonds. The Hall–Kier alpha value is -4.16. The number of phenols is 1.